The molecule has 0 radical (unpaired) electrons. The van der Waals surface area contributed by atoms with Crippen molar-refractivity contribution in [1.82, 2.24) is 5.32 Å². The van der Waals surface area contributed by atoms with Crippen LogP contribution in [0.3, 0.4) is 0 Å². The van der Waals surface area contributed by atoms with Crippen LogP contribution in [0.5, 0.6) is 0 Å². The maximum absolute atomic E-state index is 12.1. The molecule has 0 saturated heterocycles. The largest absolute Gasteiger partial charge is 0.481 e. The van der Waals surface area contributed by atoms with Gasteiger partial charge in [-0.15, -0.1) is 11.8 Å². The minimum absolute atomic E-state index is 0.189. The number of nitrogens with one attached hydrogen (secondary N) is 1. The molecule has 1 aromatic rings. The lowest BCUT2D eigenvalue weighted by Crippen LogP contribution is -2.40. The lowest BCUT2D eigenvalue weighted by Gasteiger charge is -2.17. The number of hydrogen-bond acceptors (Lipinski definition) is 3. The molecule has 0 aromatic heterocycles. The molecule has 2 N–H and O–H groups in total. The molecule has 2 atom stereocenters. The van der Waals surface area contributed by atoms with E-state index in [1.807, 2.05) is 18.4 Å². The molecule has 2 rings (SSSR count). The lowest BCUT2D eigenvalue weighted by molar-refractivity contribution is -0.142. The van der Waals surface area contributed by atoms with Crippen molar-refractivity contribution in [2.24, 2.45) is 5.92 Å². The smallest absolute Gasteiger partial charge is 0.308 e. The molecule has 1 amide bonds. The SMILES string of the molecule is CSc1ccc(C(=O)NC2CCCC2C(=O)O)cc1. The molecule has 0 aliphatic heterocycles. The summed E-state index contributed by atoms with van der Waals surface area (Å²) in [5, 5.41) is 11.9. The number of thioether (sulfide) groups is 1. The quantitative estimate of drug-likeness (QED) is 0.831. The van der Waals surface area contributed by atoms with Crippen molar-refractivity contribution in [2.45, 2.75) is 30.2 Å². The standard InChI is InChI=1S/C14H17NO3S/c1-19-10-7-5-9(6-8-10)13(16)15-12-4-2-3-11(12)14(17)18/h5-8,11-12H,2-4H2,1H3,(H,15,16)(H,17,18). The van der Waals surface area contributed by atoms with Crippen LogP contribution in [0.15, 0.2) is 29.2 Å². The number of rotatable bonds is 4. The van der Waals surface area contributed by atoms with Crippen molar-refractivity contribution in [3.63, 3.8) is 0 Å². The summed E-state index contributed by atoms with van der Waals surface area (Å²) in [6, 6.07) is 7.08. The number of carbonyl (C=O) groups is 2. The highest BCUT2D eigenvalue weighted by Crippen LogP contribution is 2.26. The van der Waals surface area contributed by atoms with Gasteiger partial charge in [-0.25, -0.2) is 0 Å². The number of amides is 1. The van der Waals surface area contributed by atoms with Gasteiger partial charge in [0.1, 0.15) is 0 Å². The van der Waals surface area contributed by atoms with Crippen LogP contribution in [0.1, 0.15) is 29.6 Å². The molecule has 0 heterocycles. The van der Waals surface area contributed by atoms with Crippen molar-refractivity contribution in [3.8, 4) is 0 Å². The second kappa shape index (κ2) is 6.10. The molecule has 1 saturated carbocycles. The van der Waals surface area contributed by atoms with E-state index in [-0.39, 0.29) is 11.9 Å². The summed E-state index contributed by atoms with van der Waals surface area (Å²) in [5.41, 5.74) is 0.578. The number of benzene rings is 1. The predicted molar refractivity (Wildman–Crippen MR) is 74.5 cm³/mol. The van der Waals surface area contributed by atoms with Gasteiger partial charge in [0.05, 0.1) is 5.92 Å². The number of carbonyl (C=O) groups excluding carboxylic acids is 1. The second-order valence-electron chi connectivity index (χ2n) is 4.68. The normalized spacial score (nSPS) is 22.2. The highest BCUT2D eigenvalue weighted by molar-refractivity contribution is 7.98. The molecule has 4 nitrogen and oxygen atoms in total. The van der Waals surface area contributed by atoms with E-state index in [2.05, 4.69) is 5.32 Å². The van der Waals surface area contributed by atoms with E-state index in [9.17, 15) is 9.59 Å². The molecule has 1 fully saturated rings. The van der Waals surface area contributed by atoms with Gasteiger partial charge in [-0.2, -0.15) is 0 Å². The first-order valence-electron chi connectivity index (χ1n) is 6.29. The highest BCUT2D eigenvalue weighted by atomic mass is 32.2. The highest BCUT2D eigenvalue weighted by Gasteiger charge is 2.33. The maximum Gasteiger partial charge on any atom is 0.308 e. The van der Waals surface area contributed by atoms with E-state index in [0.717, 1.165) is 17.7 Å². The fourth-order valence-corrected chi connectivity index (χ4v) is 2.83. The first kappa shape index (κ1) is 13.9. The average molecular weight is 279 g/mol. The summed E-state index contributed by atoms with van der Waals surface area (Å²) in [6.45, 7) is 0. The van der Waals surface area contributed by atoms with Gasteiger partial charge >= 0.3 is 5.97 Å². The molecule has 0 spiro atoms. The van der Waals surface area contributed by atoms with Gasteiger partial charge in [0.25, 0.3) is 5.91 Å². The minimum Gasteiger partial charge on any atom is -0.481 e. The topological polar surface area (TPSA) is 66.4 Å². The van der Waals surface area contributed by atoms with Gasteiger partial charge in [-0.05, 0) is 43.4 Å². The van der Waals surface area contributed by atoms with Crippen LogP contribution in [0, 0.1) is 5.92 Å². The Kier molecular flexibility index (Phi) is 4.47. The summed E-state index contributed by atoms with van der Waals surface area (Å²) in [6.07, 6.45) is 4.22. The summed E-state index contributed by atoms with van der Waals surface area (Å²) < 4.78 is 0. The van der Waals surface area contributed by atoms with Crippen molar-refractivity contribution in [3.05, 3.63) is 29.8 Å². The van der Waals surface area contributed by atoms with E-state index in [1.54, 1.807) is 23.9 Å². The van der Waals surface area contributed by atoms with E-state index >= 15 is 0 Å². The lowest BCUT2D eigenvalue weighted by atomic mass is 10.0. The third-order valence-corrected chi connectivity index (χ3v) is 4.25. The molecule has 0 bridgehead atoms. The Hall–Kier alpha value is -1.49. The van der Waals surface area contributed by atoms with Gasteiger partial charge in [0.15, 0.2) is 0 Å². The Morgan fingerprint density at radius 2 is 1.95 bits per heavy atom. The molecule has 1 aliphatic rings. The number of hydrogen-bond donors (Lipinski definition) is 2. The van der Waals surface area contributed by atoms with Crippen molar-refractivity contribution in [1.29, 1.82) is 0 Å². The minimum atomic E-state index is -0.819. The van der Waals surface area contributed by atoms with Crippen LogP contribution in [0.2, 0.25) is 0 Å². The Balaban J connectivity index is 2.01. The summed E-state index contributed by atoms with van der Waals surface area (Å²) in [7, 11) is 0. The first-order chi connectivity index (χ1) is 9.11. The zero-order chi connectivity index (χ0) is 13.8. The van der Waals surface area contributed by atoms with E-state index < -0.39 is 11.9 Å². The van der Waals surface area contributed by atoms with Crippen LogP contribution < -0.4 is 5.32 Å². The van der Waals surface area contributed by atoms with Gasteiger partial charge in [-0.3, -0.25) is 9.59 Å². The third kappa shape index (κ3) is 3.29. The van der Waals surface area contributed by atoms with Crippen LogP contribution in [0.25, 0.3) is 0 Å². The Labute approximate surface area is 116 Å². The van der Waals surface area contributed by atoms with Crippen LogP contribution >= 0.6 is 11.8 Å². The monoisotopic (exact) mass is 279 g/mol. The van der Waals surface area contributed by atoms with Crippen LogP contribution in [-0.2, 0) is 4.79 Å². The molecular weight excluding hydrogens is 262 g/mol. The molecular formula is C14H17NO3S. The van der Waals surface area contributed by atoms with E-state index in [1.165, 1.54) is 0 Å². The van der Waals surface area contributed by atoms with Gasteiger partial charge in [0, 0.05) is 16.5 Å². The van der Waals surface area contributed by atoms with Gasteiger partial charge < -0.3 is 10.4 Å². The van der Waals surface area contributed by atoms with Crippen molar-refractivity contribution < 1.29 is 14.7 Å². The average Bonchev–Trinajstić information content (AvgIpc) is 2.87. The fourth-order valence-electron chi connectivity index (χ4n) is 2.42. The molecule has 102 valence electrons. The summed E-state index contributed by atoms with van der Waals surface area (Å²) in [4.78, 5) is 24.2. The summed E-state index contributed by atoms with van der Waals surface area (Å²) in [5.74, 6) is -1.46. The van der Waals surface area contributed by atoms with Gasteiger partial charge in [-0.1, -0.05) is 6.42 Å². The van der Waals surface area contributed by atoms with Crippen molar-refractivity contribution >= 4 is 23.6 Å². The maximum atomic E-state index is 12.1. The Morgan fingerprint density at radius 3 is 2.53 bits per heavy atom. The predicted octanol–water partition coefficient (Wildman–Crippen LogP) is 2.39. The number of carboxylic acid groups (broad SMARTS) is 1. The summed E-state index contributed by atoms with van der Waals surface area (Å²) >= 11 is 1.62. The zero-order valence-electron chi connectivity index (χ0n) is 10.8. The Morgan fingerprint density at radius 1 is 1.26 bits per heavy atom. The second-order valence-corrected chi connectivity index (χ2v) is 5.56. The molecule has 5 heteroatoms. The van der Waals surface area contributed by atoms with E-state index in [4.69, 9.17) is 5.11 Å². The van der Waals surface area contributed by atoms with Crippen LogP contribution in [0.4, 0.5) is 0 Å². The number of carboxylic acids is 1. The first-order valence-corrected chi connectivity index (χ1v) is 7.52. The van der Waals surface area contributed by atoms with E-state index in [0.29, 0.717) is 12.0 Å². The Bertz CT molecular complexity index is 472. The third-order valence-electron chi connectivity index (χ3n) is 3.50. The molecule has 1 aliphatic carbocycles. The molecule has 19 heavy (non-hydrogen) atoms. The van der Waals surface area contributed by atoms with Crippen molar-refractivity contribution in [2.75, 3.05) is 6.26 Å². The van der Waals surface area contributed by atoms with Gasteiger partial charge in [0.2, 0.25) is 0 Å². The number of aliphatic carboxylic acids is 1. The fraction of sp³-hybridized carbons (Fsp3) is 0.429. The molecule has 1 aromatic carbocycles. The van der Waals surface area contributed by atoms with Crippen LogP contribution in [-0.4, -0.2) is 29.3 Å². The zero-order valence-corrected chi connectivity index (χ0v) is 11.6. The molecule has 2 unspecified atom stereocenters.